The van der Waals surface area contributed by atoms with Crippen LogP contribution in [-0.4, -0.2) is 16.1 Å². The zero-order valence-electron chi connectivity index (χ0n) is 11.1. The van der Waals surface area contributed by atoms with Crippen molar-refractivity contribution < 1.29 is 9.90 Å². The van der Waals surface area contributed by atoms with Gasteiger partial charge in [0.1, 0.15) is 0 Å². The summed E-state index contributed by atoms with van der Waals surface area (Å²) < 4.78 is 0. The average molecular weight is 275 g/mol. The van der Waals surface area contributed by atoms with Crippen molar-refractivity contribution in [1.82, 2.24) is 4.98 Å². The number of aromatic carboxylic acids is 1. The van der Waals surface area contributed by atoms with E-state index in [4.69, 9.17) is 5.11 Å². The zero-order chi connectivity index (χ0) is 13.8. The Hall–Kier alpha value is -1.68. The van der Waals surface area contributed by atoms with Crippen molar-refractivity contribution >= 4 is 17.3 Å². The van der Waals surface area contributed by atoms with Gasteiger partial charge in [-0.15, -0.1) is 11.3 Å². The molecular formula is C15H17NO2S. The predicted molar refractivity (Wildman–Crippen MR) is 77.0 cm³/mol. The number of benzene rings is 1. The van der Waals surface area contributed by atoms with Crippen LogP contribution in [0.2, 0.25) is 0 Å². The number of carboxylic acid groups (broad SMARTS) is 1. The Kier molecular flexibility index (Phi) is 4.32. The number of aryl methyl sites for hydroxylation is 4. The van der Waals surface area contributed by atoms with Gasteiger partial charge in [-0.1, -0.05) is 36.8 Å². The number of rotatable bonds is 5. The third-order valence-corrected chi connectivity index (χ3v) is 4.27. The second-order valence-electron chi connectivity index (χ2n) is 4.52. The van der Waals surface area contributed by atoms with Crippen molar-refractivity contribution in [1.29, 1.82) is 0 Å². The van der Waals surface area contributed by atoms with E-state index in [0.717, 1.165) is 29.1 Å². The molecule has 0 amide bonds. The second-order valence-corrected chi connectivity index (χ2v) is 5.69. The fraction of sp³-hybridized carbons (Fsp3) is 0.333. The first-order valence-electron chi connectivity index (χ1n) is 6.37. The second kappa shape index (κ2) is 5.97. The minimum Gasteiger partial charge on any atom is -0.476 e. The van der Waals surface area contributed by atoms with Crippen LogP contribution >= 0.6 is 11.3 Å². The summed E-state index contributed by atoms with van der Waals surface area (Å²) in [6, 6.07) is 8.41. The molecule has 19 heavy (non-hydrogen) atoms. The molecule has 0 saturated carbocycles. The maximum atomic E-state index is 11.0. The highest BCUT2D eigenvalue weighted by molar-refractivity contribution is 7.11. The van der Waals surface area contributed by atoms with E-state index < -0.39 is 5.97 Å². The van der Waals surface area contributed by atoms with Gasteiger partial charge in [-0.2, -0.15) is 0 Å². The molecule has 0 bridgehead atoms. The largest absolute Gasteiger partial charge is 0.476 e. The van der Waals surface area contributed by atoms with Crippen LogP contribution in [0.4, 0.5) is 0 Å². The van der Waals surface area contributed by atoms with Crippen molar-refractivity contribution in [2.75, 3.05) is 0 Å². The molecule has 2 rings (SSSR count). The van der Waals surface area contributed by atoms with Gasteiger partial charge in [0.2, 0.25) is 0 Å². The zero-order valence-corrected chi connectivity index (χ0v) is 12.0. The Morgan fingerprint density at radius 2 is 1.95 bits per heavy atom. The molecule has 100 valence electrons. The summed E-state index contributed by atoms with van der Waals surface area (Å²) in [5.74, 6) is -0.922. The first-order chi connectivity index (χ1) is 9.10. The molecule has 0 spiro atoms. The molecule has 1 aromatic carbocycles. The molecule has 0 radical (unpaired) electrons. The standard InChI is InChI=1S/C15H17NO2S/c1-3-12-14(15(17)18)16-13(19-12)9-8-11-6-4-10(2)5-7-11/h4-7H,3,8-9H2,1-2H3,(H,17,18). The van der Waals surface area contributed by atoms with E-state index >= 15 is 0 Å². The lowest BCUT2D eigenvalue weighted by Crippen LogP contribution is -2.00. The molecule has 1 N–H and O–H groups in total. The minimum absolute atomic E-state index is 0.228. The van der Waals surface area contributed by atoms with Crippen molar-refractivity contribution in [3.63, 3.8) is 0 Å². The van der Waals surface area contributed by atoms with Gasteiger partial charge >= 0.3 is 5.97 Å². The van der Waals surface area contributed by atoms with E-state index in [0.29, 0.717) is 0 Å². The first-order valence-corrected chi connectivity index (χ1v) is 7.19. The van der Waals surface area contributed by atoms with Crippen LogP contribution in [0.1, 0.15) is 38.4 Å². The van der Waals surface area contributed by atoms with Gasteiger partial charge in [0.05, 0.1) is 5.01 Å². The Morgan fingerprint density at radius 1 is 1.26 bits per heavy atom. The van der Waals surface area contributed by atoms with Crippen molar-refractivity contribution in [2.45, 2.75) is 33.1 Å². The number of nitrogens with zero attached hydrogens (tertiary/aromatic N) is 1. The van der Waals surface area contributed by atoms with E-state index in [1.165, 1.54) is 22.5 Å². The molecule has 1 aromatic heterocycles. The minimum atomic E-state index is -0.922. The van der Waals surface area contributed by atoms with E-state index in [-0.39, 0.29) is 5.69 Å². The molecule has 0 unspecified atom stereocenters. The Bertz CT molecular complexity index is 572. The highest BCUT2D eigenvalue weighted by Crippen LogP contribution is 2.21. The lowest BCUT2D eigenvalue weighted by Gasteiger charge is -1.99. The van der Waals surface area contributed by atoms with Gasteiger partial charge in [0.15, 0.2) is 5.69 Å². The fourth-order valence-corrected chi connectivity index (χ4v) is 2.92. The van der Waals surface area contributed by atoms with E-state index in [2.05, 4.69) is 36.2 Å². The lowest BCUT2D eigenvalue weighted by molar-refractivity contribution is 0.0690. The normalized spacial score (nSPS) is 10.6. The number of hydrogen-bond acceptors (Lipinski definition) is 3. The molecule has 0 aliphatic rings. The monoisotopic (exact) mass is 275 g/mol. The van der Waals surface area contributed by atoms with Crippen LogP contribution in [-0.2, 0) is 19.3 Å². The Balaban J connectivity index is 2.07. The van der Waals surface area contributed by atoms with Gasteiger partial charge in [-0.3, -0.25) is 0 Å². The van der Waals surface area contributed by atoms with Crippen LogP contribution in [0.15, 0.2) is 24.3 Å². The number of thiazole rings is 1. The molecule has 4 heteroatoms. The fourth-order valence-electron chi connectivity index (χ4n) is 1.92. The van der Waals surface area contributed by atoms with Gasteiger partial charge < -0.3 is 5.11 Å². The molecule has 0 aliphatic carbocycles. The van der Waals surface area contributed by atoms with E-state index in [1.807, 2.05) is 6.92 Å². The lowest BCUT2D eigenvalue weighted by atomic mass is 10.1. The summed E-state index contributed by atoms with van der Waals surface area (Å²) in [4.78, 5) is 16.1. The number of carbonyl (C=O) groups is 1. The number of carboxylic acids is 1. The van der Waals surface area contributed by atoms with Crippen LogP contribution in [0.25, 0.3) is 0 Å². The maximum absolute atomic E-state index is 11.0. The van der Waals surface area contributed by atoms with E-state index in [9.17, 15) is 4.79 Å². The van der Waals surface area contributed by atoms with Crippen molar-refractivity contribution in [3.05, 3.63) is 51.0 Å². The first kappa shape index (κ1) is 13.7. The summed E-state index contributed by atoms with van der Waals surface area (Å²) in [5.41, 5.74) is 2.74. The molecular weight excluding hydrogens is 258 g/mol. The Morgan fingerprint density at radius 3 is 2.47 bits per heavy atom. The smallest absolute Gasteiger partial charge is 0.355 e. The summed E-state index contributed by atoms with van der Waals surface area (Å²) in [6.45, 7) is 4.03. The molecule has 0 aliphatic heterocycles. The van der Waals surface area contributed by atoms with Crippen LogP contribution in [0, 0.1) is 6.92 Å². The third kappa shape index (κ3) is 3.41. The Labute approximate surface area is 116 Å². The summed E-state index contributed by atoms with van der Waals surface area (Å²) in [6.07, 6.45) is 2.42. The number of hydrogen-bond donors (Lipinski definition) is 1. The highest BCUT2D eigenvalue weighted by Gasteiger charge is 2.15. The summed E-state index contributed by atoms with van der Waals surface area (Å²) in [7, 11) is 0. The quantitative estimate of drug-likeness (QED) is 0.908. The molecule has 0 fully saturated rings. The SMILES string of the molecule is CCc1sc(CCc2ccc(C)cc2)nc1C(=O)O. The molecule has 0 atom stereocenters. The summed E-state index contributed by atoms with van der Waals surface area (Å²) in [5, 5.41) is 9.98. The van der Waals surface area contributed by atoms with Crippen LogP contribution in [0.5, 0.6) is 0 Å². The van der Waals surface area contributed by atoms with Crippen molar-refractivity contribution in [3.8, 4) is 0 Å². The molecule has 2 aromatic rings. The topological polar surface area (TPSA) is 50.2 Å². The predicted octanol–water partition coefficient (Wildman–Crippen LogP) is 3.50. The number of aromatic nitrogens is 1. The maximum Gasteiger partial charge on any atom is 0.355 e. The molecule has 3 nitrogen and oxygen atoms in total. The highest BCUT2D eigenvalue weighted by atomic mass is 32.1. The average Bonchev–Trinajstić information content (AvgIpc) is 2.81. The van der Waals surface area contributed by atoms with Crippen LogP contribution in [0.3, 0.4) is 0 Å². The third-order valence-electron chi connectivity index (χ3n) is 3.01. The summed E-state index contributed by atoms with van der Waals surface area (Å²) >= 11 is 1.52. The van der Waals surface area contributed by atoms with Gasteiger partial charge in [-0.25, -0.2) is 9.78 Å². The van der Waals surface area contributed by atoms with Gasteiger partial charge in [0.25, 0.3) is 0 Å². The van der Waals surface area contributed by atoms with Crippen LogP contribution < -0.4 is 0 Å². The van der Waals surface area contributed by atoms with Crippen molar-refractivity contribution in [2.24, 2.45) is 0 Å². The van der Waals surface area contributed by atoms with E-state index in [1.54, 1.807) is 0 Å². The molecule has 1 heterocycles. The molecule has 0 saturated heterocycles. The van der Waals surface area contributed by atoms with Gasteiger partial charge in [0, 0.05) is 11.3 Å². The van der Waals surface area contributed by atoms with Gasteiger partial charge in [-0.05, 0) is 25.3 Å².